The molecule has 0 fully saturated rings. The second kappa shape index (κ2) is 8.06. The van der Waals surface area contributed by atoms with Gasteiger partial charge in [0.1, 0.15) is 5.82 Å². The molecule has 4 rings (SSSR count). The fourth-order valence-corrected chi connectivity index (χ4v) is 3.10. The molecular weight excluding hydrogens is 366 g/mol. The minimum Gasteiger partial charge on any atom is -0.493 e. The van der Waals surface area contributed by atoms with Crippen molar-refractivity contribution in [1.29, 1.82) is 0 Å². The van der Waals surface area contributed by atoms with Crippen LogP contribution in [0, 0.1) is 6.92 Å². The van der Waals surface area contributed by atoms with Crippen LogP contribution in [0.4, 0.5) is 5.69 Å². The number of aromatic nitrogens is 2. The van der Waals surface area contributed by atoms with E-state index < -0.39 is 0 Å². The van der Waals surface area contributed by atoms with Crippen molar-refractivity contribution in [2.45, 2.75) is 6.92 Å². The fourth-order valence-electron chi connectivity index (χ4n) is 3.10. The van der Waals surface area contributed by atoms with E-state index in [0.717, 1.165) is 22.2 Å². The smallest absolute Gasteiger partial charge is 0.262 e. The zero-order chi connectivity index (χ0) is 20.2. The van der Waals surface area contributed by atoms with Gasteiger partial charge in [-0.3, -0.25) is 4.79 Å². The van der Waals surface area contributed by atoms with E-state index in [4.69, 9.17) is 9.47 Å². The highest BCUT2D eigenvalue weighted by Crippen LogP contribution is 2.29. The predicted molar refractivity (Wildman–Crippen MR) is 113 cm³/mol. The van der Waals surface area contributed by atoms with Crippen LogP contribution in [0.2, 0.25) is 0 Å². The number of nitrogens with zero attached hydrogens (tertiary/aromatic N) is 1. The van der Waals surface area contributed by atoms with Gasteiger partial charge in [-0.05, 0) is 48.9 Å². The molecule has 0 saturated heterocycles. The van der Waals surface area contributed by atoms with Crippen LogP contribution < -0.4 is 14.8 Å². The molecule has 0 saturated carbocycles. The van der Waals surface area contributed by atoms with Gasteiger partial charge in [0.05, 0.1) is 23.8 Å². The summed E-state index contributed by atoms with van der Waals surface area (Å²) in [4.78, 5) is 20.4. The molecule has 0 spiro atoms. The van der Waals surface area contributed by atoms with Gasteiger partial charge in [-0.25, -0.2) is 4.98 Å². The molecule has 0 radical (unpaired) electrons. The second-order valence-corrected chi connectivity index (χ2v) is 6.64. The Bertz CT molecular complexity index is 1130. The van der Waals surface area contributed by atoms with Crippen LogP contribution in [0.25, 0.3) is 22.4 Å². The summed E-state index contributed by atoms with van der Waals surface area (Å²) in [6, 6.07) is 20.9. The standard InChI is InChI=1S/C23H21N3O3/c1-15-11-12-20(21(13-15)28-2)29-14-22(27)24-17-8-4-3-7-16(17)23-25-18-9-5-6-10-19(18)26-23/h3-13H,14H2,1-2H3,(H,24,27)(H,25,26). The first kappa shape index (κ1) is 18.6. The third-order valence-corrected chi connectivity index (χ3v) is 4.52. The van der Waals surface area contributed by atoms with Crippen molar-refractivity contribution >= 4 is 22.6 Å². The zero-order valence-corrected chi connectivity index (χ0v) is 16.2. The quantitative estimate of drug-likeness (QED) is 0.508. The van der Waals surface area contributed by atoms with Crippen molar-refractivity contribution in [2.24, 2.45) is 0 Å². The number of benzene rings is 3. The lowest BCUT2D eigenvalue weighted by Crippen LogP contribution is -2.20. The van der Waals surface area contributed by atoms with Gasteiger partial charge in [0.15, 0.2) is 18.1 Å². The minimum absolute atomic E-state index is 0.131. The molecule has 146 valence electrons. The number of hydrogen-bond donors (Lipinski definition) is 2. The number of carbonyl (C=O) groups excluding carboxylic acids is 1. The Balaban J connectivity index is 1.51. The second-order valence-electron chi connectivity index (χ2n) is 6.64. The largest absolute Gasteiger partial charge is 0.493 e. The third-order valence-electron chi connectivity index (χ3n) is 4.52. The number of amides is 1. The number of fused-ring (bicyclic) bond motifs is 1. The van der Waals surface area contributed by atoms with Gasteiger partial charge in [0.25, 0.3) is 5.91 Å². The van der Waals surface area contributed by atoms with E-state index >= 15 is 0 Å². The average Bonchev–Trinajstić information content (AvgIpc) is 3.17. The van der Waals surface area contributed by atoms with Gasteiger partial charge in [-0.15, -0.1) is 0 Å². The van der Waals surface area contributed by atoms with Gasteiger partial charge in [-0.1, -0.05) is 30.3 Å². The van der Waals surface area contributed by atoms with Crippen molar-refractivity contribution in [1.82, 2.24) is 9.97 Å². The third kappa shape index (κ3) is 4.06. The summed E-state index contributed by atoms with van der Waals surface area (Å²) >= 11 is 0. The normalized spacial score (nSPS) is 10.7. The van der Waals surface area contributed by atoms with Crippen LogP contribution in [0.15, 0.2) is 66.7 Å². The summed E-state index contributed by atoms with van der Waals surface area (Å²) < 4.78 is 11.0. The van der Waals surface area contributed by atoms with E-state index in [-0.39, 0.29) is 12.5 Å². The van der Waals surface area contributed by atoms with E-state index in [0.29, 0.717) is 23.0 Å². The highest BCUT2D eigenvalue weighted by atomic mass is 16.5. The Morgan fingerprint density at radius 3 is 2.66 bits per heavy atom. The van der Waals surface area contributed by atoms with Gasteiger partial charge >= 0.3 is 0 Å². The Kier molecular flexibility index (Phi) is 5.16. The zero-order valence-electron chi connectivity index (χ0n) is 16.2. The molecule has 0 aliphatic carbocycles. The first-order chi connectivity index (χ1) is 14.1. The summed E-state index contributed by atoms with van der Waals surface area (Å²) in [6.45, 7) is 1.84. The van der Waals surface area contributed by atoms with E-state index in [1.54, 1.807) is 13.2 Å². The van der Waals surface area contributed by atoms with Gasteiger partial charge < -0.3 is 19.8 Å². The number of aryl methyl sites for hydroxylation is 1. The maximum Gasteiger partial charge on any atom is 0.262 e. The molecule has 6 heteroatoms. The van der Waals surface area contributed by atoms with Crippen molar-refractivity contribution in [3.63, 3.8) is 0 Å². The van der Waals surface area contributed by atoms with Gasteiger partial charge in [0.2, 0.25) is 0 Å². The van der Waals surface area contributed by atoms with Crippen LogP contribution in [-0.4, -0.2) is 29.6 Å². The Morgan fingerprint density at radius 1 is 1.03 bits per heavy atom. The number of para-hydroxylation sites is 3. The number of ether oxygens (including phenoxy) is 2. The maximum absolute atomic E-state index is 12.5. The molecule has 1 aromatic heterocycles. The summed E-state index contributed by atoms with van der Waals surface area (Å²) in [5.41, 5.74) is 4.34. The van der Waals surface area contributed by atoms with Crippen LogP contribution in [0.3, 0.4) is 0 Å². The van der Waals surface area contributed by atoms with Crippen LogP contribution in [-0.2, 0) is 4.79 Å². The molecule has 0 aliphatic rings. The molecule has 1 heterocycles. The molecule has 29 heavy (non-hydrogen) atoms. The molecule has 0 aliphatic heterocycles. The lowest BCUT2D eigenvalue weighted by atomic mass is 10.1. The number of aromatic amines is 1. The summed E-state index contributed by atoms with van der Waals surface area (Å²) in [5.74, 6) is 1.55. The number of hydrogen-bond acceptors (Lipinski definition) is 4. The monoisotopic (exact) mass is 387 g/mol. The molecular formula is C23H21N3O3. The topological polar surface area (TPSA) is 76.2 Å². The van der Waals surface area contributed by atoms with Crippen molar-refractivity contribution in [2.75, 3.05) is 19.0 Å². The Labute approximate surface area is 168 Å². The van der Waals surface area contributed by atoms with Crippen LogP contribution in [0.1, 0.15) is 5.56 Å². The summed E-state index contributed by atoms with van der Waals surface area (Å²) in [5, 5.41) is 2.91. The Morgan fingerprint density at radius 2 is 1.83 bits per heavy atom. The summed E-state index contributed by atoms with van der Waals surface area (Å²) in [7, 11) is 1.57. The number of imidazole rings is 1. The molecule has 3 aromatic carbocycles. The molecule has 1 amide bonds. The SMILES string of the molecule is COc1cc(C)ccc1OCC(=O)Nc1ccccc1-c1nc2ccccc2[nH]1. The predicted octanol–water partition coefficient (Wildman–Crippen LogP) is 4.56. The van der Waals surface area contributed by atoms with Crippen LogP contribution >= 0.6 is 0 Å². The molecule has 0 atom stereocenters. The average molecular weight is 387 g/mol. The highest BCUT2D eigenvalue weighted by Gasteiger charge is 2.13. The number of H-pyrrole nitrogens is 1. The van der Waals surface area contributed by atoms with Crippen LogP contribution in [0.5, 0.6) is 11.5 Å². The number of anilines is 1. The van der Waals surface area contributed by atoms with Crippen molar-refractivity contribution < 1.29 is 14.3 Å². The number of nitrogens with one attached hydrogen (secondary N) is 2. The van der Waals surface area contributed by atoms with Crippen molar-refractivity contribution in [3.05, 3.63) is 72.3 Å². The van der Waals surface area contributed by atoms with E-state index in [9.17, 15) is 4.79 Å². The van der Waals surface area contributed by atoms with E-state index in [2.05, 4.69) is 15.3 Å². The maximum atomic E-state index is 12.5. The number of carbonyl (C=O) groups is 1. The van der Waals surface area contributed by atoms with Crippen molar-refractivity contribution in [3.8, 4) is 22.9 Å². The van der Waals surface area contributed by atoms with Gasteiger partial charge in [0, 0.05) is 5.56 Å². The lowest BCUT2D eigenvalue weighted by Gasteiger charge is -2.12. The number of rotatable bonds is 6. The first-order valence-electron chi connectivity index (χ1n) is 9.25. The highest BCUT2D eigenvalue weighted by molar-refractivity contribution is 5.96. The molecule has 0 unspecified atom stereocenters. The molecule has 6 nitrogen and oxygen atoms in total. The fraction of sp³-hybridized carbons (Fsp3) is 0.130. The number of methoxy groups -OCH3 is 1. The molecule has 2 N–H and O–H groups in total. The molecule has 0 bridgehead atoms. The van der Waals surface area contributed by atoms with E-state index in [1.807, 2.05) is 67.6 Å². The lowest BCUT2D eigenvalue weighted by molar-refractivity contribution is -0.118. The minimum atomic E-state index is -0.267. The molecule has 4 aromatic rings. The summed E-state index contributed by atoms with van der Waals surface area (Å²) in [6.07, 6.45) is 0. The van der Waals surface area contributed by atoms with Gasteiger partial charge in [-0.2, -0.15) is 0 Å². The first-order valence-corrected chi connectivity index (χ1v) is 9.25. The van der Waals surface area contributed by atoms with E-state index in [1.165, 1.54) is 0 Å². The Hall–Kier alpha value is -3.80.